The standard InChI is InChI=1S/C19H17FN2OS/c1-22(12-13-5-3-7-15(11-13)24-2)19(23)17-10-9-14-6-4-8-16(20)18(14)21-17/h3-11H,12H2,1-2H3. The summed E-state index contributed by atoms with van der Waals surface area (Å²) in [6.07, 6.45) is 2.02. The summed E-state index contributed by atoms with van der Waals surface area (Å²) < 4.78 is 13.9. The van der Waals surface area contributed by atoms with Crippen molar-refractivity contribution in [3.8, 4) is 0 Å². The van der Waals surface area contributed by atoms with Crippen LogP contribution in [0.5, 0.6) is 0 Å². The average molecular weight is 340 g/mol. The molecule has 0 unspecified atom stereocenters. The molecule has 24 heavy (non-hydrogen) atoms. The number of hydrogen-bond donors (Lipinski definition) is 0. The maximum atomic E-state index is 13.9. The number of fused-ring (bicyclic) bond motifs is 1. The van der Waals surface area contributed by atoms with Crippen LogP contribution < -0.4 is 0 Å². The number of carbonyl (C=O) groups is 1. The number of aromatic nitrogens is 1. The summed E-state index contributed by atoms with van der Waals surface area (Å²) in [5.41, 5.74) is 1.52. The first kappa shape index (κ1) is 16.5. The number of halogens is 1. The number of amides is 1. The van der Waals surface area contributed by atoms with Gasteiger partial charge in [-0.25, -0.2) is 9.37 Å². The van der Waals surface area contributed by atoms with Gasteiger partial charge < -0.3 is 4.90 Å². The summed E-state index contributed by atoms with van der Waals surface area (Å²) >= 11 is 1.66. The Hall–Kier alpha value is -2.40. The van der Waals surface area contributed by atoms with E-state index in [1.807, 2.05) is 24.5 Å². The van der Waals surface area contributed by atoms with Crippen molar-refractivity contribution in [3.05, 3.63) is 71.7 Å². The highest BCUT2D eigenvalue weighted by molar-refractivity contribution is 7.98. The van der Waals surface area contributed by atoms with Crippen LogP contribution in [-0.2, 0) is 6.54 Å². The molecule has 0 spiro atoms. The highest BCUT2D eigenvalue weighted by Crippen LogP contribution is 2.19. The normalized spacial score (nSPS) is 10.8. The Morgan fingerprint density at radius 3 is 2.75 bits per heavy atom. The fourth-order valence-corrected chi connectivity index (χ4v) is 3.03. The third-order valence-electron chi connectivity index (χ3n) is 3.79. The first-order valence-electron chi connectivity index (χ1n) is 7.52. The first-order valence-corrected chi connectivity index (χ1v) is 8.74. The van der Waals surface area contributed by atoms with Crippen molar-refractivity contribution in [1.29, 1.82) is 0 Å². The van der Waals surface area contributed by atoms with E-state index in [0.717, 1.165) is 10.5 Å². The van der Waals surface area contributed by atoms with E-state index in [9.17, 15) is 9.18 Å². The minimum Gasteiger partial charge on any atom is -0.336 e. The van der Waals surface area contributed by atoms with Crippen LogP contribution in [0.1, 0.15) is 16.1 Å². The first-order chi connectivity index (χ1) is 11.6. The van der Waals surface area contributed by atoms with Gasteiger partial charge in [0.15, 0.2) is 0 Å². The second kappa shape index (κ2) is 7.01. The molecule has 122 valence electrons. The van der Waals surface area contributed by atoms with Gasteiger partial charge in [0, 0.05) is 23.9 Å². The fraction of sp³-hybridized carbons (Fsp3) is 0.158. The van der Waals surface area contributed by atoms with Crippen molar-refractivity contribution < 1.29 is 9.18 Å². The van der Waals surface area contributed by atoms with Crippen LogP contribution in [0, 0.1) is 5.82 Å². The third-order valence-corrected chi connectivity index (χ3v) is 4.52. The van der Waals surface area contributed by atoms with Crippen molar-refractivity contribution in [2.24, 2.45) is 0 Å². The molecule has 3 aromatic rings. The van der Waals surface area contributed by atoms with E-state index < -0.39 is 5.82 Å². The number of nitrogens with zero attached hydrogens (tertiary/aromatic N) is 2. The van der Waals surface area contributed by atoms with Crippen molar-refractivity contribution in [2.45, 2.75) is 11.4 Å². The largest absolute Gasteiger partial charge is 0.336 e. The molecule has 3 rings (SSSR count). The lowest BCUT2D eigenvalue weighted by molar-refractivity contribution is 0.0779. The van der Waals surface area contributed by atoms with E-state index in [1.165, 1.54) is 6.07 Å². The summed E-state index contributed by atoms with van der Waals surface area (Å²) in [6, 6.07) is 16.2. The number of thioether (sulfide) groups is 1. The number of pyridine rings is 1. The van der Waals surface area contributed by atoms with E-state index in [-0.39, 0.29) is 17.1 Å². The van der Waals surface area contributed by atoms with Gasteiger partial charge in [0.2, 0.25) is 0 Å². The molecule has 1 heterocycles. The van der Waals surface area contributed by atoms with Gasteiger partial charge in [-0.3, -0.25) is 4.79 Å². The predicted molar refractivity (Wildman–Crippen MR) is 95.7 cm³/mol. The second-order valence-electron chi connectivity index (χ2n) is 5.52. The van der Waals surface area contributed by atoms with E-state index in [1.54, 1.807) is 48.0 Å². The van der Waals surface area contributed by atoms with Gasteiger partial charge in [-0.2, -0.15) is 0 Å². The molecule has 0 N–H and O–H groups in total. The molecule has 3 nitrogen and oxygen atoms in total. The van der Waals surface area contributed by atoms with Gasteiger partial charge in [0.1, 0.15) is 17.0 Å². The highest BCUT2D eigenvalue weighted by Gasteiger charge is 2.15. The molecular weight excluding hydrogens is 323 g/mol. The molecule has 0 atom stereocenters. The van der Waals surface area contributed by atoms with Gasteiger partial charge >= 0.3 is 0 Å². The van der Waals surface area contributed by atoms with Crippen LogP contribution in [0.15, 0.2) is 59.5 Å². The molecule has 0 aliphatic carbocycles. The van der Waals surface area contributed by atoms with Crippen LogP contribution in [0.25, 0.3) is 10.9 Å². The van der Waals surface area contributed by atoms with E-state index in [2.05, 4.69) is 11.1 Å². The Bertz CT molecular complexity index is 897. The smallest absolute Gasteiger partial charge is 0.272 e. The topological polar surface area (TPSA) is 33.2 Å². The summed E-state index contributed by atoms with van der Waals surface area (Å²) in [6.45, 7) is 0.476. The molecule has 0 radical (unpaired) electrons. The predicted octanol–water partition coefficient (Wildman–Crippen LogP) is 4.37. The van der Waals surface area contributed by atoms with Crippen molar-refractivity contribution >= 4 is 28.6 Å². The van der Waals surface area contributed by atoms with Gasteiger partial charge in [0.25, 0.3) is 5.91 Å². The Morgan fingerprint density at radius 2 is 1.96 bits per heavy atom. The molecule has 1 aromatic heterocycles. The van der Waals surface area contributed by atoms with Gasteiger partial charge in [-0.15, -0.1) is 11.8 Å². The number of benzene rings is 2. The van der Waals surface area contributed by atoms with Crippen LogP contribution in [0.3, 0.4) is 0 Å². The molecule has 2 aromatic carbocycles. The third kappa shape index (κ3) is 3.41. The van der Waals surface area contributed by atoms with Gasteiger partial charge in [0.05, 0.1) is 0 Å². The maximum Gasteiger partial charge on any atom is 0.272 e. The van der Waals surface area contributed by atoms with E-state index in [4.69, 9.17) is 0 Å². The molecular formula is C19H17FN2OS. The number of rotatable bonds is 4. The maximum absolute atomic E-state index is 13.9. The van der Waals surface area contributed by atoms with Crippen molar-refractivity contribution in [3.63, 3.8) is 0 Å². The van der Waals surface area contributed by atoms with Gasteiger partial charge in [-0.05, 0) is 36.1 Å². The van der Waals surface area contributed by atoms with Crippen LogP contribution in [0.4, 0.5) is 4.39 Å². The quantitative estimate of drug-likeness (QED) is 0.661. The Kier molecular flexibility index (Phi) is 4.81. The number of hydrogen-bond acceptors (Lipinski definition) is 3. The Balaban J connectivity index is 1.83. The Morgan fingerprint density at radius 1 is 1.17 bits per heavy atom. The SMILES string of the molecule is CSc1cccc(CN(C)C(=O)c2ccc3cccc(F)c3n2)c1. The zero-order valence-corrected chi connectivity index (χ0v) is 14.3. The molecule has 1 amide bonds. The Labute approximate surface area is 144 Å². The number of para-hydroxylation sites is 1. The highest BCUT2D eigenvalue weighted by atomic mass is 32.2. The van der Waals surface area contributed by atoms with Crippen LogP contribution >= 0.6 is 11.8 Å². The summed E-state index contributed by atoms with van der Waals surface area (Å²) in [5, 5.41) is 0.682. The zero-order valence-electron chi connectivity index (χ0n) is 13.5. The zero-order chi connectivity index (χ0) is 17.1. The monoisotopic (exact) mass is 340 g/mol. The minimum atomic E-state index is -0.419. The molecule has 0 bridgehead atoms. The second-order valence-corrected chi connectivity index (χ2v) is 6.40. The molecule has 0 aliphatic heterocycles. The lowest BCUT2D eigenvalue weighted by Gasteiger charge is -2.17. The van der Waals surface area contributed by atoms with Gasteiger partial charge in [-0.1, -0.05) is 30.3 Å². The molecule has 0 fully saturated rings. The van der Waals surface area contributed by atoms with E-state index in [0.29, 0.717) is 11.9 Å². The molecule has 0 saturated heterocycles. The average Bonchev–Trinajstić information content (AvgIpc) is 2.61. The lowest BCUT2D eigenvalue weighted by Crippen LogP contribution is -2.27. The fourth-order valence-electron chi connectivity index (χ4n) is 2.54. The van der Waals surface area contributed by atoms with E-state index >= 15 is 0 Å². The van der Waals surface area contributed by atoms with Crippen LogP contribution in [-0.4, -0.2) is 29.1 Å². The van der Waals surface area contributed by atoms with Crippen molar-refractivity contribution in [1.82, 2.24) is 9.88 Å². The lowest BCUT2D eigenvalue weighted by atomic mass is 10.1. The number of carbonyl (C=O) groups excluding carboxylic acids is 1. The summed E-state index contributed by atoms with van der Waals surface area (Å²) in [7, 11) is 1.72. The van der Waals surface area contributed by atoms with Crippen molar-refractivity contribution in [2.75, 3.05) is 13.3 Å². The minimum absolute atomic E-state index is 0.223. The molecule has 0 saturated carbocycles. The summed E-state index contributed by atoms with van der Waals surface area (Å²) in [5.74, 6) is -0.646. The molecule has 0 aliphatic rings. The van der Waals surface area contributed by atoms with Crippen LogP contribution in [0.2, 0.25) is 0 Å². The summed E-state index contributed by atoms with van der Waals surface area (Å²) in [4.78, 5) is 19.5. The molecule has 5 heteroatoms.